The molecule has 0 fully saturated rings. The minimum atomic E-state index is 0.446. The Labute approximate surface area is 118 Å². The van der Waals surface area contributed by atoms with Crippen molar-refractivity contribution >= 4 is 17.3 Å². The number of fused-ring (bicyclic) bond motifs is 1. The second-order valence-corrected chi connectivity index (χ2v) is 5.27. The first-order chi connectivity index (χ1) is 9.26. The van der Waals surface area contributed by atoms with Gasteiger partial charge in [0, 0.05) is 11.7 Å². The summed E-state index contributed by atoms with van der Waals surface area (Å²) in [4.78, 5) is 0. The summed E-state index contributed by atoms with van der Waals surface area (Å²) in [6.45, 7) is 0. The number of anilines is 1. The van der Waals surface area contributed by atoms with E-state index < -0.39 is 0 Å². The van der Waals surface area contributed by atoms with Crippen molar-refractivity contribution in [2.24, 2.45) is 0 Å². The number of ether oxygens (including phenoxy) is 1. The van der Waals surface area contributed by atoms with Crippen molar-refractivity contribution < 1.29 is 4.74 Å². The van der Waals surface area contributed by atoms with Crippen LogP contribution >= 0.6 is 11.6 Å². The van der Waals surface area contributed by atoms with Gasteiger partial charge in [0.2, 0.25) is 0 Å². The molecule has 0 atom stereocenters. The Bertz CT molecular complexity index is 572. The maximum Gasteiger partial charge on any atom is 0.137 e. The van der Waals surface area contributed by atoms with Crippen LogP contribution in [0.2, 0.25) is 5.02 Å². The highest BCUT2D eigenvalue weighted by molar-refractivity contribution is 6.32. The number of rotatable bonds is 3. The minimum Gasteiger partial charge on any atom is -0.495 e. The first-order valence-corrected chi connectivity index (χ1v) is 6.81. The van der Waals surface area contributed by atoms with Crippen LogP contribution in [0.5, 0.6) is 5.75 Å². The van der Waals surface area contributed by atoms with Gasteiger partial charge in [0.15, 0.2) is 0 Å². The Kier molecular flexibility index (Phi) is 3.34. The minimum absolute atomic E-state index is 0.446. The third kappa shape index (κ3) is 2.54. The van der Waals surface area contributed by atoms with Crippen molar-refractivity contribution in [3.05, 3.63) is 58.6 Å². The van der Waals surface area contributed by atoms with E-state index in [1.54, 1.807) is 7.11 Å². The number of hydrogen-bond acceptors (Lipinski definition) is 2. The summed E-state index contributed by atoms with van der Waals surface area (Å²) in [6.07, 6.45) is 2.14. The quantitative estimate of drug-likeness (QED) is 0.915. The van der Waals surface area contributed by atoms with Gasteiger partial charge in [-0.15, -0.1) is 0 Å². The summed E-state index contributed by atoms with van der Waals surface area (Å²) in [7, 11) is 1.63. The largest absolute Gasteiger partial charge is 0.495 e. The van der Waals surface area contributed by atoms with Crippen molar-refractivity contribution in [1.29, 1.82) is 0 Å². The molecule has 0 aliphatic heterocycles. The van der Waals surface area contributed by atoms with Crippen LogP contribution in [0.3, 0.4) is 0 Å². The van der Waals surface area contributed by atoms with Crippen molar-refractivity contribution in [3.8, 4) is 5.75 Å². The van der Waals surface area contributed by atoms with Gasteiger partial charge in [-0.25, -0.2) is 0 Å². The normalized spacial score (nSPS) is 14.2. The van der Waals surface area contributed by atoms with Gasteiger partial charge in [-0.1, -0.05) is 35.9 Å². The molecule has 0 spiro atoms. The first kappa shape index (κ1) is 12.4. The molecule has 1 aliphatic rings. The third-order valence-electron chi connectivity index (χ3n) is 3.57. The molecule has 98 valence electrons. The summed E-state index contributed by atoms with van der Waals surface area (Å²) in [5.74, 6) is 0.710. The SMILES string of the molecule is COc1ccc(NC2Cc3ccccc3C2)cc1Cl. The van der Waals surface area contributed by atoms with E-state index in [1.165, 1.54) is 11.1 Å². The lowest BCUT2D eigenvalue weighted by atomic mass is 10.1. The molecular formula is C16H16ClNO. The Morgan fingerprint density at radius 1 is 1.11 bits per heavy atom. The smallest absolute Gasteiger partial charge is 0.137 e. The molecule has 1 aliphatic carbocycles. The van der Waals surface area contributed by atoms with Gasteiger partial charge in [0.25, 0.3) is 0 Å². The van der Waals surface area contributed by atoms with E-state index in [9.17, 15) is 0 Å². The van der Waals surface area contributed by atoms with E-state index >= 15 is 0 Å². The van der Waals surface area contributed by atoms with Crippen molar-refractivity contribution in [2.75, 3.05) is 12.4 Å². The van der Waals surface area contributed by atoms with Crippen molar-refractivity contribution in [3.63, 3.8) is 0 Å². The maximum absolute atomic E-state index is 6.14. The summed E-state index contributed by atoms with van der Waals surface area (Å²) in [5.41, 5.74) is 3.93. The Balaban J connectivity index is 1.72. The Morgan fingerprint density at radius 3 is 2.37 bits per heavy atom. The van der Waals surface area contributed by atoms with Crippen molar-refractivity contribution in [2.45, 2.75) is 18.9 Å². The zero-order chi connectivity index (χ0) is 13.2. The van der Waals surface area contributed by atoms with Crippen LogP contribution in [-0.2, 0) is 12.8 Å². The molecule has 0 amide bonds. The zero-order valence-electron chi connectivity index (χ0n) is 10.8. The lowest BCUT2D eigenvalue weighted by Crippen LogP contribution is -2.19. The number of methoxy groups -OCH3 is 1. The molecule has 3 heteroatoms. The van der Waals surface area contributed by atoms with Gasteiger partial charge in [0.1, 0.15) is 5.75 Å². The Morgan fingerprint density at radius 2 is 1.79 bits per heavy atom. The van der Waals surface area contributed by atoms with Crippen LogP contribution in [0.15, 0.2) is 42.5 Å². The molecule has 2 aromatic rings. The molecule has 2 aromatic carbocycles. The highest BCUT2D eigenvalue weighted by Crippen LogP contribution is 2.29. The summed E-state index contributed by atoms with van der Waals surface area (Å²) < 4.78 is 5.16. The van der Waals surface area contributed by atoms with Gasteiger partial charge < -0.3 is 10.1 Å². The maximum atomic E-state index is 6.14. The summed E-state index contributed by atoms with van der Waals surface area (Å²) >= 11 is 6.14. The van der Waals surface area contributed by atoms with Gasteiger partial charge in [-0.05, 0) is 42.2 Å². The van der Waals surface area contributed by atoms with Crippen molar-refractivity contribution in [1.82, 2.24) is 0 Å². The van der Waals surface area contributed by atoms with E-state index in [4.69, 9.17) is 16.3 Å². The lowest BCUT2D eigenvalue weighted by Gasteiger charge is -2.14. The number of benzene rings is 2. The molecule has 0 aromatic heterocycles. The highest BCUT2D eigenvalue weighted by Gasteiger charge is 2.20. The summed E-state index contributed by atoms with van der Waals surface area (Å²) in [5, 5.41) is 4.18. The van der Waals surface area contributed by atoms with E-state index in [0.29, 0.717) is 16.8 Å². The molecular weight excluding hydrogens is 258 g/mol. The molecule has 19 heavy (non-hydrogen) atoms. The van der Waals surface area contributed by atoms with Crippen LogP contribution in [-0.4, -0.2) is 13.2 Å². The van der Waals surface area contributed by atoms with Gasteiger partial charge in [0.05, 0.1) is 12.1 Å². The molecule has 0 heterocycles. The molecule has 3 rings (SSSR count). The van der Waals surface area contributed by atoms with E-state index in [2.05, 4.69) is 29.6 Å². The van der Waals surface area contributed by atoms with Crippen LogP contribution < -0.4 is 10.1 Å². The fourth-order valence-corrected chi connectivity index (χ4v) is 2.91. The summed E-state index contributed by atoms with van der Waals surface area (Å²) in [6, 6.07) is 14.9. The van der Waals surface area contributed by atoms with E-state index in [0.717, 1.165) is 18.5 Å². The zero-order valence-corrected chi connectivity index (χ0v) is 11.6. The van der Waals surface area contributed by atoms with Crippen LogP contribution in [0.1, 0.15) is 11.1 Å². The first-order valence-electron chi connectivity index (χ1n) is 6.43. The molecule has 0 saturated carbocycles. The average Bonchev–Trinajstić information content (AvgIpc) is 2.81. The third-order valence-corrected chi connectivity index (χ3v) is 3.87. The topological polar surface area (TPSA) is 21.3 Å². The fraction of sp³-hybridized carbons (Fsp3) is 0.250. The second-order valence-electron chi connectivity index (χ2n) is 4.87. The van der Waals surface area contributed by atoms with Gasteiger partial charge in [-0.2, -0.15) is 0 Å². The Hall–Kier alpha value is -1.67. The second kappa shape index (κ2) is 5.14. The van der Waals surface area contributed by atoms with E-state index in [-0.39, 0.29) is 0 Å². The monoisotopic (exact) mass is 273 g/mol. The van der Waals surface area contributed by atoms with Crippen LogP contribution in [0, 0.1) is 0 Å². The fourth-order valence-electron chi connectivity index (χ4n) is 2.65. The molecule has 1 N–H and O–H groups in total. The standard InChI is InChI=1S/C16H16ClNO/c1-19-16-7-6-13(10-15(16)17)18-14-8-11-4-2-3-5-12(11)9-14/h2-7,10,14,18H,8-9H2,1H3. The molecule has 0 radical (unpaired) electrons. The predicted molar refractivity (Wildman–Crippen MR) is 79.3 cm³/mol. The molecule has 0 unspecified atom stereocenters. The highest BCUT2D eigenvalue weighted by atomic mass is 35.5. The van der Waals surface area contributed by atoms with Crippen LogP contribution in [0.4, 0.5) is 5.69 Å². The van der Waals surface area contributed by atoms with Gasteiger partial charge in [-0.3, -0.25) is 0 Å². The number of halogens is 1. The number of nitrogens with one attached hydrogen (secondary N) is 1. The van der Waals surface area contributed by atoms with Crippen LogP contribution in [0.25, 0.3) is 0 Å². The lowest BCUT2D eigenvalue weighted by molar-refractivity contribution is 0.415. The molecule has 2 nitrogen and oxygen atoms in total. The molecule has 0 bridgehead atoms. The number of hydrogen-bond donors (Lipinski definition) is 1. The van der Waals surface area contributed by atoms with E-state index in [1.807, 2.05) is 18.2 Å². The molecule has 0 saturated heterocycles. The van der Waals surface area contributed by atoms with Gasteiger partial charge >= 0.3 is 0 Å². The predicted octanol–water partition coefficient (Wildman–Crippen LogP) is 3.93. The average molecular weight is 274 g/mol.